The third kappa shape index (κ3) is 5.57. The van der Waals surface area contributed by atoms with Gasteiger partial charge in [-0.05, 0) is 31.0 Å². The Balaban J connectivity index is 0.00000242. The van der Waals surface area contributed by atoms with Crippen molar-refractivity contribution in [1.82, 2.24) is 5.32 Å². The molecule has 0 saturated heterocycles. The summed E-state index contributed by atoms with van der Waals surface area (Å²) in [5.41, 5.74) is 7.78. The van der Waals surface area contributed by atoms with Crippen LogP contribution in [-0.4, -0.2) is 32.3 Å². The van der Waals surface area contributed by atoms with E-state index in [1.807, 2.05) is 19.1 Å². The summed E-state index contributed by atoms with van der Waals surface area (Å²) in [7, 11) is 0. The van der Waals surface area contributed by atoms with E-state index < -0.39 is 0 Å². The van der Waals surface area contributed by atoms with Crippen molar-refractivity contribution in [3.8, 4) is 11.5 Å². The minimum Gasteiger partial charge on any atom is -0.486 e. The highest BCUT2D eigenvalue weighted by Crippen LogP contribution is 2.38. The number of guanidine groups is 1. The number of rotatable bonds is 5. The number of aliphatic imine (C=N–C) groups is 1. The molecule has 0 amide bonds. The van der Waals surface area contributed by atoms with E-state index in [2.05, 4.69) is 16.9 Å². The van der Waals surface area contributed by atoms with Gasteiger partial charge in [0.25, 0.3) is 0 Å². The largest absolute Gasteiger partial charge is 0.486 e. The summed E-state index contributed by atoms with van der Waals surface area (Å²) in [5, 5.41) is 3.63. The predicted octanol–water partition coefficient (Wildman–Crippen LogP) is 2.75. The number of nitrogens with zero attached hydrogens (tertiary/aromatic N) is 1. The molecular weight excluding hydrogens is 417 g/mol. The van der Waals surface area contributed by atoms with Gasteiger partial charge in [0, 0.05) is 6.54 Å². The van der Waals surface area contributed by atoms with E-state index in [9.17, 15) is 0 Å². The van der Waals surface area contributed by atoms with E-state index in [1.54, 1.807) is 0 Å². The maximum Gasteiger partial charge on any atom is 0.188 e. The lowest BCUT2D eigenvalue weighted by atomic mass is 10.1. The first-order valence-corrected chi connectivity index (χ1v) is 7.20. The molecule has 0 aliphatic carbocycles. The van der Waals surface area contributed by atoms with Gasteiger partial charge in [0.1, 0.15) is 13.2 Å². The first kappa shape index (κ1) is 18.9. The van der Waals surface area contributed by atoms with Crippen LogP contribution in [0.4, 0.5) is 0 Å². The molecule has 1 heterocycles. The molecule has 0 atom stereocenters. The fourth-order valence-electron chi connectivity index (χ4n) is 1.92. The molecule has 1 aromatic rings. The minimum absolute atomic E-state index is 0. The molecule has 0 saturated carbocycles. The Kier molecular flexibility index (Phi) is 7.81. The van der Waals surface area contributed by atoms with Crippen LogP contribution in [-0.2, 0) is 6.42 Å². The number of fused-ring (bicyclic) bond motifs is 1. The third-order valence-electron chi connectivity index (χ3n) is 2.90. The number of benzene rings is 1. The second-order valence-electron chi connectivity index (χ2n) is 4.94. The van der Waals surface area contributed by atoms with Crippen molar-refractivity contribution in [3.05, 3.63) is 34.9 Å². The smallest absolute Gasteiger partial charge is 0.188 e. The van der Waals surface area contributed by atoms with Gasteiger partial charge in [-0.15, -0.1) is 24.0 Å². The standard InChI is InChI=1S/C15H20ClN3O2.HI/c1-10(2)9-19-15(17)18-4-3-11-7-12(16)14-13(8-11)20-5-6-21-14;/h7-8H,1,3-6,9H2,2H3,(H3,17,18,19);1H. The summed E-state index contributed by atoms with van der Waals surface area (Å²) >= 11 is 6.19. The molecule has 5 nitrogen and oxygen atoms in total. The topological polar surface area (TPSA) is 68.9 Å². The monoisotopic (exact) mass is 437 g/mol. The normalized spacial score (nSPS) is 13.3. The van der Waals surface area contributed by atoms with Crippen LogP contribution in [0.2, 0.25) is 5.02 Å². The number of hydrogen-bond acceptors (Lipinski definition) is 3. The second-order valence-corrected chi connectivity index (χ2v) is 5.34. The zero-order chi connectivity index (χ0) is 15.2. The molecule has 0 bridgehead atoms. The Hall–Kier alpha value is -1.15. The van der Waals surface area contributed by atoms with Crippen molar-refractivity contribution < 1.29 is 9.47 Å². The first-order valence-electron chi connectivity index (χ1n) is 6.82. The van der Waals surface area contributed by atoms with Crippen LogP contribution < -0.4 is 20.5 Å². The summed E-state index contributed by atoms with van der Waals surface area (Å²) in [6.45, 7) is 7.97. The van der Waals surface area contributed by atoms with Crippen molar-refractivity contribution in [1.29, 1.82) is 0 Å². The molecular formula is C15H21ClIN3O2. The second kappa shape index (κ2) is 9.09. The molecule has 0 unspecified atom stereocenters. The van der Waals surface area contributed by atoms with Crippen LogP contribution in [0.5, 0.6) is 11.5 Å². The van der Waals surface area contributed by atoms with Crippen LogP contribution in [0.25, 0.3) is 0 Å². The zero-order valence-corrected chi connectivity index (χ0v) is 15.6. The molecule has 7 heteroatoms. The highest BCUT2D eigenvalue weighted by molar-refractivity contribution is 14.0. The summed E-state index contributed by atoms with van der Waals surface area (Å²) in [6.07, 6.45) is 0.764. The van der Waals surface area contributed by atoms with Crippen LogP contribution >= 0.6 is 35.6 Å². The molecule has 0 fully saturated rings. The van der Waals surface area contributed by atoms with Gasteiger partial charge in [0.15, 0.2) is 17.5 Å². The van der Waals surface area contributed by atoms with Gasteiger partial charge in [0.05, 0.1) is 11.6 Å². The zero-order valence-electron chi connectivity index (χ0n) is 12.5. The fraction of sp³-hybridized carbons (Fsp3) is 0.400. The van der Waals surface area contributed by atoms with Gasteiger partial charge in [-0.1, -0.05) is 23.8 Å². The maximum absolute atomic E-state index is 6.19. The van der Waals surface area contributed by atoms with Gasteiger partial charge < -0.3 is 20.5 Å². The molecule has 1 aliphatic heterocycles. The Bertz CT molecular complexity index is 564. The van der Waals surface area contributed by atoms with Crippen LogP contribution in [0.1, 0.15) is 12.5 Å². The number of halogens is 2. The van der Waals surface area contributed by atoms with Gasteiger partial charge >= 0.3 is 0 Å². The van der Waals surface area contributed by atoms with Gasteiger partial charge in [0.2, 0.25) is 0 Å². The quantitative estimate of drug-likeness (QED) is 0.322. The first-order chi connectivity index (χ1) is 10.1. The molecule has 0 spiro atoms. The van der Waals surface area contributed by atoms with E-state index in [1.165, 1.54) is 0 Å². The van der Waals surface area contributed by atoms with Crippen molar-refractivity contribution in [3.63, 3.8) is 0 Å². The van der Waals surface area contributed by atoms with Crippen molar-refractivity contribution >= 4 is 41.5 Å². The van der Waals surface area contributed by atoms with E-state index in [4.69, 9.17) is 26.8 Å². The molecule has 1 aromatic carbocycles. The molecule has 1 aliphatic rings. The van der Waals surface area contributed by atoms with Crippen LogP contribution in [0.3, 0.4) is 0 Å². The predicted molar refractivity (Wildman–Crippen MR) is 101 cm³/mol. The van der Waals surface area contributed by atoms with Crippen molar-refractivity contribution in [2.45, 2.75) is 13.3 Å². The Morgan fingerprint density at radius 3 is 2.86 bits per heavy atom. The van der Waals surface area contributed by atoms with E-state index in [0.717, 1.165) is 17.6 Å². The lowest BCUT2D eigenvalue weighted by Crippen LogP contribution is -2.33. The third-order valence-corrected chi connectivity index (χ3v) is 3.18. The number of ether oxygens (including phenoxy) is 2. The lowest BCUT2D eigenvalue weighted by Gasteiger charge is -2.20. The minimum atomic E-state index is 0. The molecule has 122 valence electrons. The number of nitrogens with one attached hydrogen (secondary N) is 1. The van der Waals surface area contributed by atoms with Crippen LogP contribution in [0.15, 0.2) is 29.3 Å². The number of nitrogens with two attached hydrogens (primary N) is 1. The average molecular weight is 438 g/mol. The molecule has 0 aromatic heterocycles. The summed E-state index contributed by atoms with van der Waals surface area (Å²) < 4.78 is 11.0. The Morgan fingerprint density at radius 2 is 2.14 bits per heavy atom. The summed E-state index contributed by atoms with van der Waals surface area (Å²) in [5.74, 6) is 1.75. The van der Waals surface area contributed by atoms with Gasteiger partial charge in [-0.3, -0.25) is 0 Å². The van der Waals surface area contributed by atoms with E-state index in [0.29, 0.717) is 48.8 Å². The SMILES string of the molecule is C=C(C)CN=C(N)NCCc1cc(Cl)c2c(c1)OCCO2.I. The molecule has 0 radical (unpaired) electrons. The highest BCUT2D eigenvalue weighted by atomic mass is 127. The van der Waals surface area contributed by atoms with Gasteiger partial charge in [-0.2, -0.15) is 0 Å². The van der Waals surface area contributed by atoms with E-state index in [-0.39, 0.29) is 24.0 Å². The Labute approximate surface area is 152 Å². The van der Waals surface area contributed by atoms with Gasteiger partial charge in [-0.25, -0.2) is 4.99 Å². The molecule has 3 N–H and O–H groups in total. The average Bonchev–Trinajstić information content (AvgIpc) is 2.45. The Morgan fingerprint density at radius 1 is 1.41 bits per heavy atom. The lowest BCUT2D eigenvalue weighted by molar-refractivity contribution is 0.171. The number of hydrogen-bond donors (Lipinski definition) is 2. The van der Waals surface area contributed by atoms with E-state index >= 15 is 0 Å². The van der Waals surface area contributed by atoms with Crippen molar-refractivity contribution in [2.24, 2.45) is 10.7 Å². The molecule has 2 rings (SSSR count). The summed E-state index contributed by atoms with van der Waals surface area (Å²) in [4.78, 5) is 4.16. The maximum atomic E-state index is 6.19. The summed E-state index contributed by atoms with van der Waals surface area (Å²) in [6, 6.07) is 3.83. The van der Waals surface area contributed by atoms with Crippen molar-refractivity contribution in [2.75, 3.05) is 26.3 Å². The fourth-order valence-corrected chi connectivity index (χ4v) is 2.21. The highest BCUT2D eigenvalue weighted by Gasteiger charge is 2.16. The molecule has 22 heavy (non-hydrogen) atoms. The van der Waals surface area contributed by atoms with Crippen LogP contribution in [0, 0.1) is 0 Å².